The van der Waals surface area contributed by atoms with Crippen LogP contribution in [0.2, 0.25) is 0 Å². The lowest BCUT2D eigenvalue weighted by Gasteiger charge is -2.35. The van der Waals surface area contributed by atoms with Crippen molar-refractivity contribution in [3.05, 3.63) is 65.2 Å². The van der Waals surface area contributed by atoms with E-state index in [4.69, 9.17) is 4.74 Å². The van der Waals surface area contributed by atoms with Crippen LogP contribution in [0.5, 0.6) is 0 Å². The number of hydrogen-bond donors (Lipinski definition) is 2. The Balaban J connectivity index is 1.65. The second-order valence-electron chi connectivity index (χ2n) is 7.23. The van der Waals surface area contributed by atoms with Crippen molar-refractivity contribution in [3.63, 3.8) is 0 Å². The zero-order valence-corrected chi connectivity index (χ0v) is 16.6. The van der Waals surface area contributed by atoms with Crippen molar-refractivity contribution in [2.45, 2.75) is 32.6 Å². The van der Waals surface area contributed by atoms with Gasteiger partial charge in [0.05, 0.1) is 23.5 Å². The maximum absolute atomic E-state index is 12.6. The summed E-state index contributed by atoms with van der Waals surface area (Å²) in [6.45, 7) is 6.82. The van der Waals surface area contributed by atoms with E-state index in [1.807, 2.05) is 24.3 Å². The molecule has 1 aliphatic heterocycles. The van der Waals surface area contributed by atoms with E-state index >= 15 is 0 Å². The van der Waals surface area contributed by atoms with Gasteiger partial charge in [-0.2, -0.15) is 0 Å². The molecule has 2 aromatic rings. The predicted molar refractivity (Wildman–Crippen MR) is 110 cm³/mol. The quantitative estimate of drug-likeness (QED) is 0.836. The molecular formula is C22H27N3O3. The largest absolute Gasteiger partial charge is 0.373 e. The summed E-state index contributed by atoms with van der Waals surface area (Å²) < 4.78 is 5.77. The van der Waals surface area contributed by atoms with Gasteiger partial charge in [0.2, 0.25) is 0 Å². The van der Waals surface area contributed by atoms with E-state index in [1.165, 1.54) is 0 Å². The van der Waals surface area contributed by atoms with Gasteiger partial charge in [-0.15, -0.1) is 0 Å². The summed E-state index contributed by atoms with van der Waals surface area (Å²) >= 11 is 0. The van der Waals surface area contributed by atoms with Crippen LogP contribution in [0.4, 0.5) is 5.69 Å². The Hall–Kier alpha value is -2.70. The van der Waals surface area contributed by atoms with Gasteiger partial charge in [0, 0.05) is 32.2 Å². The summed E-state index contributed by atoms with van der Waals surface area (Å²) in [6, 6.07) is 14.5. The molecule has 0 saturated carbocycles. The molecule has 2 aromatic carbocycles. The number of carbonyl (C=O) groups is 2. The Kier molecular flexibility index (Phi) is 6.44. The Labute approximate surface area is 165 Å². The highest BCUT2D eigenvalue weighted by Gasteiger charge is 2.22. The normalized spacial score (nSPS) is 19.8. The van der Waals surface area contributed by atoms with Gasteiger partial charge in [-0.3, -0.25) is 14.5 Å². The number of hydrogen-bond acceptors (Lipinski definition) is 4. The minimum atomic E-state index is -0.239. The molecule has 1 aliphatic rings. The fourth-order valence-electron chi connectivity index (χ4n) is 3.55. The number of carbonyl (C=O) groups excluding carboxylic acids is 2. The van der Waals surface area contributed by atoms with Crippen molar-refractivity contribution >= 4 is 17.5 Å². The van der Waals surface area contributed by atoms with Crippen LogP contribution in [0, 0.1) is 0 Å². The summed E-state index contributed by atoms with van der Waals surface area (Å²) in [4.78, 5) is 26.9. The highest BCUT2D eigenvalue weighted by molar-refractivity contribution is 6.08. The van der Waals surface area contributed by atoms with Gasteiger partial charge in [0.25, 0.3) is 11.8 Å². The molecule has 1 heterocycles. The van der Waals surface area contributed by atoms with Gasteiger partial charge >= 0.3 is 0 Å². The number of rotatable bonds is 5. The molecule has 3 rings (SSSR count). The Morgan fingerprint density at radius 1 is 1.00 bits per heavy atom. The van der Waals surface area contributed by atoms with Gasteiger partial charge in [-0.05, 0) is 43.7 Å². The molecule has 0 bridgehead atoms. The summed E-state index contributed by atoms with van der Waals surface area (Å²) in [7, 11) is 1.57. The molecule has 6 nitrogen and oxygen atoms in total. The molecule has 0 aromatic heterocycles. The molecule has 1 fully saturated rings. The molecule has 2 unspecified atom stereocenters. The van der Waals surface area contributed by atoms with E-state index in [9.17, 15) is 9.59 Å². The van der Waals surface area contributed by atoms with Crippen molar-refractivity contribution in [3.8, 4) is 0 Å². The van der Waals surface area contributed by atoms with E-state index in [0.29, 0.717) is 16.8 Å². The second kappa shape index (κ2) is 8.99. The van der Waals surface area contributed by atoms with E-state index in [2.05, 4.69) is 29.4 Å². The van der Waals surface area contributed by atoms with Crippen LogP contribution in [0.25, 0.3) is 0 Å². The standard InChI is InChI=1S/C22H27N3O3/c1-15-12-25(13-16(2)28-15)14-17-8-10-18(11-9-17)21(26)24-20-7-5-4-6-19(20)22(27)23-3/h4-11,15-16H,12-14H2,1-3H3,(H,23,27)(H,24,26). The van der Waals surface area contributed by atoms with Crippen molar-refractivity contribution < 1.29 is 14.3 Å². The van der Waals surface area contributed by atoms with Crippen LogP contribution < -0.4 is 10.6 Å². The van der Waals surface area contributed by atoms with Crippen LogP contribution in [-0.2, 0) is 11.3 Å². The second-order valence-corrected chi connectivity index (χ2v) is 7.23. The highest BCUT2D eigenvalue weighted by atomic mass is 16.5. The number of nitrogens with zero attached hydrogens (tertiary/aromatic N) is 1. The van der Waals surface area contributed by atoms with E-state index in [1.54, 1.807) is 31.3 Å². The van der Waals surface area contributed by atoms with E-state index in [0.717, 1.165) is 25.2 Å². The fraction of sp³-hybridized carbons (Fsp3) is 0.364. The Morgan fingerprint density at radius 3 is 2.29 bits per heavy atom. The number of para-hydroxylation sites is 1. The maximum atomic E-state index is 12.6. The lowest BCUT2D eigenvalue weighted by molar-refractivity contribution is -0.0704. The number of anilines is 1. The maximum Gasteiger partial charge on any atom is 0.255 e. The third-order valence-electron chi connectivity index (χ3n) is 4.76. The Morgan fingerprint density at radius 2 is 1.64 bits per heavy atom. The monoisotopic (exact) mass is 381 g/mol. The van der Waals surface area contributed by atoms with Crippen LogP contribution >= 0.6 is 0 Å². The summed E-state index contributed by atoms with van der Waals surface area (Å²) in [5.74, 6) is -0.475. The fourth-order valence-corrected chi connectivity index (χ4v) is 3.55. The third-order valence-corrected chi connectivity index (χ3v) is 4.76. The molecule has 6 heteroatoms. The van der Waals surface area contributed by atoms with Crippen LogP contribution in [0.15, 0.2) is 48.5 Å². The van der Waals surface area contributed by atoms with Crippen LogP contribution in [0.1, 0.15) is 40.1 Å². The minimum absolute atomic E-state index is 0.231. The number of amides is 2. The number of nitrogens with one attached hydrogen (secondary N) is 2. The highest BCUT2D eigenvalue weighted by Crippen LogP contribution is 2.18. The van der Waals surface area contributed by atoms with Gasteiger partial charge in [-0.1, -0.05) is 24.3 Å². The number of benzene rings is 2. The molecule has 2 amide bonds. The zero-order valence-electron chi connectivity index (χ0n) is 16.6. The zero-order chi connectivity index (χ0) is 20.1. The molecule has 148 valence electrons. The molecular weight excluding hydrogens is 354 g/mol. The third kappa shape index (κ3) is 4.97. The van der Waals surface area contributed by atoms with Gasteiger partial charge in [0.15, 0.2) is 0 Å². The summed E-state index contributed by atoms with van der Waals surface area (Å²) in [6.07, 6.45) is 0.461. The van der Waals surface area contributed by atoms with Gasteiger partial charge in [-0.25, -0.2) is 0 Å². The van der Waals surface area contributed by atoms with E-state index < -0.39 is 0 Å². The van der Waals surface area contributed by atoms with Crippen LogP contribution in [0.3, 0.4) is 0 Å². The number of morpholine rings is 1. The average Bonchev–Trinajstić information content (AvgIpc) is 2.67. The average molecular weight is 381 g/mol. The predicted octanol–water partition coefficient (Wildman–Crippen LogP) is 2.91. The lowest BCUT2D eigenvalue weighted by atomic mass is 10.1. The molecule has 2 N–H and O–H groups in total. The molecule has 1 saturated heterocycles. The summed E-state index contributed by atoms with van der Waals surface area (Å²) in [5, 5.41) is 5.41. The first kappa shape index (κ1) is 20.0. The molecule has 2 atom stereocenters. The van der Waals surface area contributed by atoms with Crippen molar-refractivity contribution in [1.29, 1.82) is 0 Å². The minimum Gasteiger partial charge on any atom is -0.373 e. The molecule has 28 heavy (non-hydrogen) atoms. The van der Waals surface area contributed by atoms with Crippen LogP contribution in [-0.4, -0.2) is 49.1 Å². The van der Waals surface area contributed by atoms with Crippen molar-refractivity contribution in [2.75, 3.05) is 25.5 Å². The molecule has 0 radical (unpaired) electrons. The summed E-state index contributed by atoms with van der Waals surface area (Å²) in [5.41, 5.74) is 2.64. The van der Waals surface area contributed by atoms with Gasteiger partial charge in [0.1, 0.15) is 0 Å². The smallest absolute Gasteiger partial charge is 0.255 e. The van der Waals surface area contributed by atoms with Gasteiger partial charge < -0.3 is 15.4 Å². The first-order valence-electron chi connectivity index (χ1n) is 9.55. The topological polar surface area (TPSA) is 70.7 Å². The van der Waals surface area contributed by atoms with E-state index in [-0.39, 0.29) is 24.0 Å². The first-order valence-corrected chi connectivity index (χ1v) is 9.55. The number of ether oxygens (including phenoxy) is 1. The molecule has 0 aliphatic carbocycles. The SMILES string of the molecule is CNC(=O)c1ccccc1NC(=O)c1ccc(CN2CC(C)OC(C)C2)cc1. The Bertz CT molecular complexity index is 825. The van der Waals surface area contributed by atoms with Crippen molar-refractivity contribution in [1.82, 2.24) is 10.2 Å². The lowest BCUT2D eigenvalue weighted by Crippen LogP contribution is -2.44. The molecule has 0 spiro atoms. The first-order chi connectivity index (χ1) is 13.5. The van der Waals surface area contributed by atoms with Crippen molar-refractivity contribution in [2.24, 2.45) is 0 Å².